The van der Waals surface area contributed by atoms with Gasteiger partial charge in [-0.2, -0.15) is 0 Å². The fourth-order valence-electron chi connectivity index (χ4n) is 1.21. The minimum absolute atomic E-state index is 0.203. The monoisotopic (exact) mass is 174 g/mol. The van der Waals surface area contributed by atoms with Gasteiger partial charge in [0.15, 0.2) is 0 Å². The van der Waals surface area contributed by atoms with Gasteiger partial charge in [-0.25, -0.2) is 0 Å². The number of aliphatic hydroxyl groups excluding tert-OH is 2. The molecule has 0 aromatic carbocycles. The van der Waals surface area contributed by atoms with Crippen LogP contribution in [0.3, 0.4) is 0 Å². The van der Waals surface area contributed by atoms with Crippen LogP contribution in [-0.2, 0) is 0 Å². The molecule has 12 heavy (non-hydrogen) atoms. The smallest absolute Gasteiger partial charge is 0.0541 e. The maximum atomic E-state index is 9.41. The molecule has 0 radical (unpaired) electrons. The quantitative estimate of drug-likeness (QED) is 0.580. The molecule has 0 bridgehead atoms. The molecule has 0 amide bonds. The third-order valence-electron chi connectivity index (χ3n) is 2.06. The van der Waals surface area contributed by atoms with Gasteiger partial charge in [0, 0.05) is 0 Å². The molecule has 0 aromatic heterocycles. The Bertz CT molecular complexity index is 91.8. The summed E-state index contributed by atoms with van der Waals surface area (Å²) in [5, 5.41) is 18.4. The maximum absolute atomic E-state index is 9.41. The molecule has 2 atom stereocenters. The Morgan fingerprint density at radius 2 is 1.67 bits per heavy atom. The van der Waals surface area contributed by atoms with Crippen LogP contribution >= 0.6 is 0 Å². The first-order valence-electron chi connectivity index (χ1n) is 5.03. The Morgan fingerprint density at radius 1 is 1.00 bits per heavy atom. The molecule has 0 aromatic rings. The van der Waals surface area contributed by atoms with Crippen LogP contribution in [0.25, 0.3) is 0 Å². The van der Waals surface area contributed by atoms with E-state index in [0.29, 0.717) is 6.42 Å². The topological polar surface area (TPSA) is 40.5 Å². The van der Waals surface area contributed by atoms with Gasteiger partial charge in [-0.3, -0.25) is 0 Å². The fourth-order valence-corrected chi connectivity index (χ4v) is 1.21. The highest BCUT2D eigenvalue weighted by atomic mass is 16.3. The molecule has 74 valence electrons. The Labute approximate surface area is 75.6 Å². The molecule has 0 fully saturated rings. The normalized spacial score (nSPS) is 16.0. The first-order valence-corrected chi connectivity index (χ1v) is 5.03. The average molecular weight is 174 g/mol. The first kappa shape index (κ1) is 11.9. The minimum atomic E-state index is -0.272. The summed E-state index contributed by atoms with van der Waals surface area (Å²) in [6.07, 6.45) is 5.37. The van der Waals surface area contributed by atoms with E-state index in [9.17, 15) is 5.11 Å². The van der Waals surface area contributed by atoms with Crippen molar-refractivity contribution < 1.29 is 10.2 Å². The number of unbranched alkanes of at least 4 members (excludes halogenated alkanes) is 2. The molecular weight excluding hydrogens is 152 g/mol. The number of rotatable bonds is 7. The van der Waals surface area contributed by atoms with Gasteiger partial charge in [0.2, 0.25) is 0 Å². The Kier molecular flexibility index (Phi) is 7.51. The predicted octanol–water partition coefficient (Wildman–Crippen LogP) is 2.09. The highest BCUT2D eigenvalue weighted by Crippen LogP contribution is 2.09. The summed E-state index contributed by atoms with van der Waals surface area (Å²) in [5.74, 6) is 0. The van der Waals surface area contributed by atoms with Crippen molar-refractivity contribution in [2.75, 3.05) is 0 Å². The van der Waals surface area contributed by atoms with Crippen LogP contribution in [0.2, 0.25) is 0 Å². The third kappa shape index (κ3) is 8.02. The van der Waals surface area contributed by atoms with Crippen LogP contribution in [0.1, 0.15) is 52.4 Å². The molecule has 0 saturated heterocycles. The standard InChI is InChI=1S/C10H22O2/c1-3-4-5-6-10(12)8-7-9(2)11/h9-12H,3-8H2,1-2H3. The zero-order valence-electron chi connectivity index (χ0n) is 8.29. The Hall–Kier alpha value is -0.0800. The van der Waals surface area contributed by atoms with Crippen LogP contribution in [-0.4, -0.2) is 22.4 Å². The van der Waals surface area contributed by atoms with Gasteiger partial charge in [-0.1, -0.05) is 26.2 Å². The van der Waals surface area contributed by atoms with Crippen LogP contribution in [0.5, 0.6) is 0 Å². The van der Waals surface area contributed by atoms with Gasteiger partial charge in [0.1, 0.15) is 0 Å². The van der Waals surface area contributed by atoms with Crippen LogP contribution < -0.4 is 0 Å². The summed E-state index contributed by atoms with van der Waals surface area (Å²) in [6.45, 7) is 3.92. The SMILES string of the molecule is CCCCCC(O)CCC(C)O. The van der Waals surface area contributed by atoms with E-state index >= 15 is 0 Å². The van der Waals surface area contributed by atoms with E-state index in [-0.39, 0.29) is 12.2 Å². The predicted molar refractivity (Wildman–Crippen MR) is 51.1 cm³/mol. The van der Waals surface area contributed by atoms with Crippen molar-refractivity contribution in [1.82, 2.24) is 0 Å². The van der Waals surface area contributed by atoms with Crippen LogP contribution in [0.4, 0.5) is 0 Å². The summed E-state index contributed by atoms with van der Waals surface area (Å²) >= 11 is 0. The maximum Gasteiger partial charge on any atom is 0.0541 e. The highest BCUT2D eigenvalue weighted by Gasteiger charge is 2.05. The molecule has 0 saturated carbocycles. The van der Waals surface area contributed by atoms with Crippen molar-refractivity contribution in [3.8, 4) is 0 Å². The summed E-state index contributed by atoms with van der Waals surface area (Å²) in [6, 6.07) is 0. The van der Waals surface area contributed by atoms with Gasteiger partial charge < -0.3 is 10.2 Å². The van der Waals surface area contributed by atoms with E-state index in [1.807, 2.05) is 0 Å². The zero-order valence-corrected chi connectivity index (χ0v) is 8.29. The van der Waals surface area contributed by atoms with E-state index in [0.717, 1.165) is 19.3 Å². The third-order valence-corrected chi connectivity index (χ3v) is 2.06. The zero-order chi connectivity index (χ0) is 9.40. The van der Waals surface area contributed by atoms with E-state index in [2.05, 4.69) is 6.92 Å². The van der Waals surface area contributed by atoms with Crippen molar-refractivity contribution in [1.29, 1.82) is 0 Å². The van der Waals surface area contributed by atoms with E-state index in [4.69, 9.17) is 5.11 Å². The van der Waals surface area contributed by atoms with Gasteiger partial charge in [-0.15, -0.1) is 0 Å². The van der Waals surface area contributed by atoms with Gasteiger partial charge in [0.25, 0.3) is 0 Å². The van der Waals surface area contributed by atoms with Crippen molar-refractivity contribution in [2.45, 2.75) is 64.6 Å². The second-order valence-corrected chi connectivity index (χ2v) is 3.58. The van der Waals surface area contributed by atoms with Crippen molar-refractivity contribution >= 4 is 0 Å². The molecule has 2 nitrogen and oxygen atoms in total. The van der Waals surface area contributed by atoms with Crippen molar-refractivity contribution in [3.05, 3.63) is 0 Å². The van der Waals surface area contributed by atoms with Gasteiger partial charge in [0.05, 0.1) is 12.2 Å². The number of hydrogen-bond acceptors (Lipinski definition) is 2. The molecule has 0 aliphatic carbocycles. The molecule has 0 heterocycles. The molecule has 0 rings (SSSR count). The van der Waals surface area contributed by atoms with Crippen LogP contribution in [0.15, 0.2) is 0 Å². The molecule has 0 spiro atoms. The summed E-state index contributed by atoms with van der Waals surface area (Å²) < 4.78 is 0. The summed E-state index contributed by atoms with van der Waals surface area (Å²) in [5.41, 5.74) is 0. The molecule has 0 aliphatic heterocycles. The fraction of sp³-hybridized carbons (Fsp3) is 1.00. The minimum Gasteiger partial charge on any atom is -0.393 e. The van der Waals surface area contributed by atoms with E-state index < -0.39 is 0 Å². The lowest BCUT2D eigenvalue weighted by molar-refractivity contribution is 0.115. The molecule has 2 unspecified atom stereocenters. The Morgan fingerprint density at radius 3 is 2.17 bits per heavy atom. The van der Waals surface area contributed by atoms with Gasteiger partial charge >= 0.3 is 0 Å². The highest BCUT2D eigenvalue weighted by molar-refractivity contribution is 4.58. The molecule has 2 N–H and O–H groups in total. The lowest BCUT2D eigenvalue weighted by atomic mass is 10.0. The van der Waals surface area contributed by atoms with E-state index in [1.165, 1.54) is 12.8 Å². The second-order valence-electron chi connectivity index (χ2n) is 3.58. The van der Waals surface area contributed by atoms with Crippen molar-refractivity contribution in [2.24, 2.45) is 0 Å². The number of hydrogen-bond donors (Lipinski definition) is 2. The lowest BCUT2D eigenvalue weighted by Crippen LogP contribution is -2.10. The first-order chi connectivity index (χ1) is 5.66. The van der Waals surface area contributed by atoms with Crippen molar-refractivity contribution in [3.63, 3.8) is 0 Å². The number of aliphatic hydroxyl groups is 2. The molecule has 0 aliphatic rings. The van der Waals surface area contributed by atoms with E-state index in [1.54, 1.807) is 6.92 Å². The van der Waals surface area contributed by atoms with Gasteiger partial charge in [-0.05, 0) is 26.2 Å². The summed E-state index contributed by atoms with van der Waals surface area (Å²) in [4.78, 5) is 0. The molecule has 2 heteroatoms. The molecular formula is C10H22O2. The lowest BCUT2D eigenvalue weighted by Gasteiger charge is -2.10. The Balaban J connectivity index is 3.15. The van der Waals surface area contributed by atoms with Crippen LogP contribution in [0, 0.1) is 0 Å². The second kappa shape index (κ2) is 7.56. The largest absolute Gasteiger partial charge is 0.393 e. The average Bonchev–Trinajstić information content (AvgIpc) is 2.01. The summed E-state index contributed by atoms with van der Waals surface area (Å²) in [7, 11) is 0.